The Morgan fingerprint density at radius 3 is 2.50 bits per heavy atom. The highest BCUT2D eigenvalue weighted by Crippen LogP contribution is 2.19. The smallest absolute Gasteiger partial charge is 0.332 e. The van der Waals surface area contributed by atoms with Gasteiger partial charge in [0.05, 0.1) is 13.2 Å². The molecule has 1 aliphatic heterocycles. The number of benzene rings is 1. The van der Waals surface area contributed by atoms with Gasteiger partial charge in [-0.25, -0.2) is 9.78 Å². The van der Waals surface area contributed by atoms with Crippen LogP contribution in [0.1, 0.15) is 31.7 Å². The molecule has 0 bridgehead atoms. The molecule has 1 fully saturated rings. The van der Waals surface area contributed by atoms with E-state index in [-0.39, 0.29) is 17.4 Å². The number of fused-ring (bicyclic) bond motifs is 1. The maximum absolute atomic E-state index is 12.8. The van der Waals surface area contributed by atoms with E-state index in [2.05, 4.69) is 4.98 Å². The Kier molecular flexibility index (Phi) is 5.59. The lowest BCUT2D eigenvalue weighted by Crippen LogP contribution is -2.39. The van der Waals surface area contributed by atoms with E-state index in [0.29, 0.717) is 36.7 Å². The first-order chi connectivity index (χ1) is 14.5. The fourth-order valence-electron chi connectivity index (χ4n) is 3.72. The van der Waals surface area contributed by atoms with E-state index in [1.165, 1.54) is 9.13 Å². The van der Waals surface area contributed by atoms with E-state index in [1.54, 1.807) is 18.5 Å². The van der Waals surface area contributed by atoms with E-state index in [4.69, 9.17) is 9.47 Å². The highest BCUT2D eigenvalue weighted by Gasteiger charge is 2.18. The predicted molar refractivity (Wildman–Crippen MR) is 116 cm³/mol. The predicted octanol–water partition coefficient (Wildman–Crippen LogP) is 2.27. The van der Waals surface area contributed by atoms with Crippen LogP contribution in [-0.2, 0) is 24.9 Å². The third kappa shape index (κ3) is 3.59. The molecule has 1 aliphatic rings. The number of hydrogen-bond acceptors (Lipinski definition) is 5. The molecule has 3 aromatic rings. The molecule has 30 heavy (non-hydrogen) atoms. The van der Waals surface area contributed by atoms with Crippen molar-refractivity contribution in [3.63, 3.8) is 0 Å². The minimum atomic E-state index is -0.325. The summed E-state index contributed by atoms with van der Waals surface area (Å²) in [5.41, 5.74) is 1.20. The normalized spacial score (nSPS) is 16.7. The molecule has 0 spiro atoms. The van der Waals surface area contributed by atoms with Crippen molar-refractivity contribution < 1.29 is 9.47 Å². The number of aromatic nitrogens is 4. The minimum Gasteiger partial charge on any atom is -0.488 e. The van der Waals surface area contributed by atoms with Gasteiger partial charge in [0.25, 0.3) is 5.56 Å². The van der Waals surface area contributed by atoms with Gasteiger partial charge in [-0.1, -0.05) is 18.2 Å². The Balaban J connectivity index is 1.64. The summed E-state index contributed by atoms with van der Waals surface area (Å²) in [5.74, 6) is 1.43. The van der Waals surface area contributed by atoms with Gasteiger partial charge in [-0.05, 0) is 37.6 Å². The van der Waals surface area contributed by atoms with Crippen LogP contribution in [0, 0.1) is 0 Å². The van der Waals surface area contributed by atoms with Gasteiger partial charge >= 0.3 is 5.69 Å². The van der Waals surface area contributed by atoms with Crippen LogP contribution < -0.4 is 16.0 Å². The molecule has 1 aromatic carbocycles. The first kappa shape index (κ1) is 20.2. The molecule has 8 nitrogen and oxygen atoms in total. The van der Waals surface area contributed by atoms with E-state index in [1.807, 2.05) is 43.3 Å². The van der Waals surface area contributed by atoms with Crippen molar-refractivity contribution in [2.45, 2.75) is 39.5 Å². The third-order valence-electron chi connectivity index (χ3n) is 5.40. The number of ether oxygens (including phenoxy) is 2. The van der Waals surface area contributed by atoms with Gasteiger partial charge < -0.3 is 14.0 Å². The molecule has 0 unspecified atom stereocenters. The fraction of sp³-hybridized carbons (Fsp3) is 0.409. The van der Waals surface area contributed by atoms with Gasteiger partial charge in [0.2, 0.25) is 0 Å². The van der Waals surface area contributed by atoms with Crippen LogP contribution >= 0.6 is 0 Å². The van der Waals surface area contributed by atoms with Crippen molar-refractivity contribution in [1.82, 2.24) is 18.7 Å². The van der Waals surface area contributed by atoms with Crippen LogP contribution in [0.3, 0.4) is 0 Å². The molecule has 0 amide bonds. The van der Waals surface area contributed by atoms with Crippen LogP contribution in [0.2, 0.25) is 0 Å². The summed E-state index contributed by atoms with van der Waals surface area (Å²) in [4.78, 5) is 29.9. The molecule has 0 radical (unpaired) electrons. The second-order valence-electron chi connectivity index (χ2n) is 7.28. The summed E-state index contributed by atoms with van der Waals surface area (Å²) >= 11 is 0. The first-order valence-electron chi connectivity index (χ1n) is 10.3. The van der Waals surface area contributed by atoms with E-state index >= 15 is 0 Å². The molecule has 0 aliphatic carbocycles. The van der Waals surface area contributed by atoms with Crippen molar-refractivity contribution in [3.05, 3.63) is 56.5 Å². The van der Waals surface area contributed by atoms with E-state index in [9.17, 15) is 9.59 Å². The summed E-state index contributed by atoms with van der Waals surface area (Å²) in [6.07, 6.45) is 4.81. The van der Waals surface area contributed by atoms with Crippen LogP contribution in [0.4, 0.5) is 0 Å². The highest BCUT2D eigenvalue weighted by atomic mass is 16.5. The number of imidazole rings is 1. The maximum atomic E-state index is 12.8. The van der Waals surface area contributed by atoms with Gasteiger partial charge in [0.1, 0.15) is 17.7 Å². The summed E-state index contributed by atoms with van der Waals surface area (Å²) in [6, 6.07) is 7.80. The van der Waals surface area contributed by atoms with Gasteiger partial charge in [0, 0.05) is 26.6 Å². The monoisotopic (exact) mass is 410 g/mol. The molecular weight excluding hydrogens is 384 g/mol. The molecule has 3 heterocycles. The summed E-state index contributed by atoms with van der Waals surface area (Å²) < 4.78 is 15.7. The highest BCUT2D eigenvalue weighted by molar-refractivity contribution is 5.76. The lowest BCUT2D eigenvalue weighted by atomic mass is 10.2. The lowest BCUT2D eigenvalue weighted by molar-refractivity contribution is 0.141. The molecule has 1 saturated heterocycles. The number of hydrogen-bond donors (Lipinski definition) is 0. The standard InChI is InChI=1S/C22H26N4O4/c1-4-25-20-19(21(27)26(5-2)22(25)28)24(3)18(23-20)11-8-15-6-9-16(10-7-15)30-17-12-13-29-14-17/h6-11,17H,4-5,12-14H2,1-3H3/b11-8+/t17-/m0/s1. The SMILES string of the molecule is CCn1c(=O)c2c(nc(/C=C/c3ccc(O[C@H]4CCOC4)cc3)n2C)n(CC)c1=O. The molecule has 4 rings (SSSR count). The summed E-state index contributed by atoms with van der Waals surface area (Å²) in [7, 11) is 1.79. The Hall–Kier alpha value is -3.13. The number of aryl methyl sites for hydroxylation is 2. The van der Waals surface area contributed by atoms with Crippen molar-refractivity contribution >= 4 is 23.3 Å². The van der Waals surface area contributed by atoms with Crippen molar-refractivity contribution in [3.8, 4) is 5.75 Å². The van der Waals surface area contributed by atoms with Crippen LogP contribution in [-0.4, -0.2) is 38.0 Å². The van der Waals surface area contributed by atoms with Gasteiger partial charge in [0.15, 0.2) is 11.2 Å². The van der Waals surface area contributed by atoms with Gasteiger partial charge in [-0.2, -0.15) is 0 Å². The zero-order valence-corrected chi connectivity index (χ0v) is 17.5. The van der Waals surface area contributed by atoms with Crippen LogP contribution in [0.15, 0.2) is 33.9 Å². The average molecular weight is 410 g/mol. The Bertz CT molecular complexity index is 1200. The zero-order valence-electron chi connectivity index (χ0n) is 17.5. The maximum Gasteiger partial charge on any atom is 0.332 e. The summed E-state index contributed by atoms with van der Waals surface area (Å²) in [5, 5.41) is 0. The molecular formula is C22H26N4O4. The summed E-state index contributed by atoms with van der Waals surface area (Å²) in [6.45, 7) is 5.82. The quantitative estimate of drug-likeness (QED) is 0.623. The van der Waals surface area contributed by atoms with Crippen LogP contribution in [0.5, 0.6) is 5.75 Å². The van der Waals surface area contributed by atoms with Gasteiger partial charge in [-0.3, -0.25) is 13.9 Å². The Labute approximate surface area is 174 Å². The van der Waals surface area contributed by atoms with Gasteiger partial charge in [-0.15, -0.1) is 0 Å². The topological polar surface area (TPSA) is 80.3 Å². The Morgan fingerprint density at radius 1 is 1.13 bits per heavy atom. The third-order valence-corrected chi connectivity index (χ3v) is 5.40. The molecule has 158 valence electrons. The fourth-order valence-corrected chi connectivity index (χ4v) is 3.72. The van der Waals surface area contributed by atoms with Crippen molar-refractivity contribution in [2.75, 3.05) is 13.2 Å². The second kappa shape index (κ2) is 8.31. The van der Waals surface area contributed by atoms with Crippen molar-refractivity contribution in [1.29, 1.82) is 0 Å². The lowest BCUT2D eigenvalue weighted by Gasteiger charge is -2.11. The Morgan fingerprint density at radius 2 is 1.87 bits per heavy atom. The molecule has 0 N–H and O–H groups in total. The van der Waals surface area contributed by atoms with E-state index in [0.717, 1.165) is 24.3 Å². The zero-order chi connectivity index (χ0) is 21.3. The number of nitrogens with zero attached hydrogens (tertiary/aromatic N) is 4. The molecule has 8 heteroatoms. The average Bonchev–Trinajstić information content (AvgIpc) is 3.36. The molecule has 1 atom stereocenters. The molecule has 2 aromatic heterocycles. The second-order valence-corrected chi connectivity index (χ2v) is 7.28. The van der Waals surface area contributed by atoms with Crippen molar-refractivity contribution in [2.24, 2.45) is 7.05 Å². The first-order valence-corrected chi connectivity index (χ1v) is 10.3. The van der Waals surface area contributed by atoms with E-state index < -0.39 is 0 Å². The van der Waals surface area contributed by atoms with Crippen LogP contribution in [0.25, 0.3) is 23.3 Å². The largest absolute Gasteiger partial charge is 0.488 e. The minimum absolute atomic E-state index is 0.120. The number of rotatable bonds is 6. The molecule has 0 saturated carbocycles.